The molecule has 2 rings (SSSR count). The van der Waals surface area contributed by atoms with Gasteiger partial charge in [-0.25, -0.2) is 0 Å². The topological polar surface area (TPSA) is 64.9 Å². The van der Waals surface area contributed by atoms with Gasteiger partial charge in [0.25, 0.3) is 0 Å². The van der Waals surface area contributed by atoms with Crippen LogP contribution in [0.1, 0.15) is 16.3 Å². The average Bonchev–Trinajstić information content (AvgIpc) is 2.75. The summed E-state index contributed by atoms with van der Waals surface area (Å²) in [5.41, 5.74) is 7.60. The third-order valence-electron chi connectivity index (χ3n) is 2.16. The van der Waals surface area contributed by atoms with E-state index in [0.717, 1.165) is 5.56 Å². The van der Waals surface area contributed by atoms with Gasteiger partial charge in [-0.2, -0.15) is 0 Å². The molecule has 0 bridgehead atoms. The summed E-state index contributed by atoms with van der Waals surface area (Å²) in [6.45, 7) is 4.41. The van der Waals surface area contributed by atoms with Gasteiger partial charge in [0.05, 0.1) is 12.1 Å². The Morgan fingerprint density at radius 3 is 2.71 bits per heavy atom. The third kappa shape index (κ3) is 1.44. The standard InChI is InChI=1S/C9H11N3OS/c1-5-6(2)14-4-7(5)9-12-11-8(3-10)13-9/h4H,3,10H2,1-2H3. The molecule has 0 unspecified atom stereocenters. The minimum Gasteiger partial charge on any atom is -0.419 e. The number of nitrogens with two attached hydrogens (primary N) is 1. The second kappa shape index (κ2) is 3.51. The van der Waals surface area contributed by atoms with Gasteiger partial charge in [-0.1, -0.05) is 0 Å². The van der Waals surface area contributed by atoms with Crippen molar-refractivity contribution in [2.24, 2.45) is 5.73 Å². The molecule has 0 aliphatic heterocycles. The van der Waals surface area contributed by atoms with Crippen LogP contribution in [-0.2, 0) is 6.54 Å². The Labute approximate surface area is 85.8 Å². The maximum Gasteiger partial charge on any atom is 0.248 e. The van der Waals surface area contributed by atoms with Crippen LogP contribution in [0.15, 0.2) is 9.80 Å². The highest BCUT2D eigenvalue weighted by atomic mass is 32.1. The molecule has 0 spiro atoms. The summed E-state index contributed by atoms with van der Waals surface area (Å²) in [6.07, 6.45) is 0. The summed E-state index contributed by atoms with van der Waals surface area (Å²) in [5.74, 6) is 1.04. The Morgan fingerprint density at radius 1 is 1.43 bits per heavy atom. The number of nitrogens with zero attached hydrogens (tertiary/aromatic N) is 2. The molecule has 0 radical (unpaired) electrons. The van der Waals surface area contributed by atoms with E-state index in [0.29, 0.717) is 11.8 Å². The molecule has 2 aromatic heterocycles. The summed E-state index contributed by atoms with van der Waals surface area (Å²) >= 11 is 1.68. The van der Waals surface area contributed by atoms with Gasteiger partial charge in [0.15, 0.2) is 0 Å². The zero-order valence-electron chi connectivity index (χ0n) is 8.07. The molecular weight excluding hydrogens is 198 g/mol. The summed E-state index contributed by atoms with van der Waals surface area (Å²) < 4.78 is 5.37. The second-order valence-corrected chi connectivity index (χ2v) is 4.12. The third-order valence-corrected chi connectivity index (χ3v) is 3.17. The summed E-state index contributed by atoms with van der Waals surface area (Å²) in [5, 5.41) is 9.79. The lowest BCUT2D eigenvalue weighted by molar-refractivity contribution is 0.508. The lowest BCUT2D eigenvalue weighted by atomic mass is 10.2. The molecule has 0 atom stereocenters. The molecule has 0 fully saturated rings. The monoisotopic (exact) mass is 209 g/mol. The van der Waals surface area contributed by atoms with Crippen LogP contribution >= 0.6 is 11.3 Å². The molecule has 0 aliphatic rings. The molecular formula is C9H11N3OS. The van der Waals surface area contributed by atoms with Crippen LogP contribution in [0.3, 0.4) is 0 Å². The first kappa shape index (κ1) is 9.36. The maximum absolute atomic E-state index is 5.39. The fraction of sp³-hybridized carbons (Fsp3) is 0.333. The second-order valence-electron chi connectivity index (χ2n) is 3.04. The maximum atomic E-state index is 5.39. The van der Waals surface area contributed by atoms with Gasteiger partial charge in [-0.15, -0.1) is 21.5 Å². The number of hydrogen-bond acceptors (Lipinski definition) is 5. The molecule has 0 aliphatic carbocycles. The predicted molar refractivity (Wildman–Crippen MR) is 55.0 cm³/mol. The first-order chi connectivity index (χ1) is 6.72. The van der Waals surface area contributed by atoms with Gasteiger partial charge in [0.2, 0.25) is 11.8 Å². The number of rotatable bonds is 2. The molecule has 4 nitrogen and oxygen atoms in total. The van der Waals surface area contributed by atoms with Crippen molar-refractivity contribution in [2.45, 2.75) is 20.4 Å². The van der Waals surface area contributed by atoms with Gasteiger partial charge in [0.1, 0.15) is 0 Å². The van der Waals surface area contributed by atoms with E-state index in [1.807, 2.05) is 12.3 Å². The van der Waals surface area contributed by atoms with Crippen molar-refractivity contribution in [3.63, 3.8) is 0 Å². The molecule has 0 aromatic carbocycles. The van der Waals surface area contributed by atoms with E-state index < -0.39 is 0 Å². The Morgan fingerprint density at radius 2 is 2.21 bits per heavy atom. The number of hydrogen-bond donors (Lipinski definition) is 1. The van der Waals surface area contributed by atoms with Crippen molar-refractivity contribution in [2.75, 3.05) is 0 Å². The normalized spacial score (nSPS) is 10.8. The summed E-state index contributed by atoms with van der Waals surface area (Å²) in [7, 11) is 0. The lowest BCUT2D eigenvalue weighted by Crippen LogP contribution is -1.95. The predicted octanol–water partition coefficient (Wildman–Crippen LogP) is 1.87. The van der Waals surface area contributed by atoms with Crippen molar-refractivity contribution in [1.82, 2.24) is 10.2 Å². The van der Waals surface area contributed by atoms with Crippen LogP contribution in [0.2, 0.25) is 0 Å². The van der Waals surface area contributed by atoms with Crippen LogP contribution in [0.4, 0.5) is 0 Å². The minimum absolute atomic E-state index is 0.287. The van der Waals surface area contributed by atoms with E-state index in [2.05, 4.69) is 17.1 Å². The van der Waals surface area contributed by atoms with Crippen LogP contribution in [-0.4, -0.2) is 10.2 Å². The van der Waals surface area contributed by atoms with Crippen molar-refractivity contribution < 1.29 is 4.42 Å². The fourth-order valence-corrected chi connectivity index (χ4v) is 2.03. The molecule has 0 saturated heterocycles. The van der Waals surface area contributed by atoms with Crippen LogP contribution in [0.5, 0.6) is 0 Å². The Bertz CT molecular complexity index is 447. The Balaban J connectivity index is 2.44. The zero-order valence-corrected chi connectivity index (χ0v) is 8.89. The first-order valence-corrected chi connectivity index (χ1v) is 5.18. The fourth-order valence-electron chi connectivity index (χ4n) is 1.17. The van der Waals surface area contributed by atoms with Crippen molar-refractivity contribution in [3.8, 4) is 11.5 Å². The van der Waals surface area contributed by atoms with E-state index >= 15 is 0 Å². The number of aryl methyl sites for hydroxylation is 1. The quantitative estimate of drug-likeness (QED) is 0.820. The molecule has 2 aromatic rings. The van der Waals surface area contributed by atoms with Crippen LogP contribution < -0.4 is 5.73 Å². The summed E-state index contributed by atoms with van der Waals surface area (Å²) in [6, 6.07) is 0. The molecule has 2 N–H and O–H groups in total. The van der Waals surface area contributed by atoms with Gasteiger partial charge in [-0.05, 0) is 19.4 Å². The van der Waals surface area contributed by atoms with Crippen LogP contribution in [0.25, 0.3) is 11.5 Å². The molecule has 0 saturated carbocycles. The molecule has 74 valence electrons. The summed E-state index contributed by atoms with van der Waals surface area (Å²) in [4.78, 5) is 1.27. The largest absolute Gasteiger partial charge is 0.419 e. The highest BCUT2D eigenvalue weighted by Gasteiger charge is 2.12. The van der Waals surface area contributed by atoms with Gasteiger partial charge >= 0.3 is 0 Å². The highest BCUT2D eigenvalue weighted by molar-refractivity contribution is 7.10. The Hall–Kier alpha value is -1.20. The van der Waals surface area contributed by atoms with Crippen molar-refractivity contribution in [1.29, 1.82) is 0 Å². The Kier molecular flexibility index (Phi) is 2.35. The molecule has 0 amide bonds. The van der Waals surface area contributed by atoms with E-state index in [-0.39, 0.29) is 6.54 Å². The van der Waals surface area contributed by atoms with E-state index in [1.165, 1.54) is 10.4 Å². The zero-order chi connectivity index (χ0) is 10.1. The molecule has 14 heavy (non-hydrogen) atoms. The van der Waals surface area contributed by atoms with Gasteiger partial charge in [-0.3, -0.25) is 0 Å². The molecule has 5 heteroatoms. The van der Waals surface area contributed by atoms with E-state index in [4.69, 9.17) is 10.2 Å². The smallest absolute Gasteiger partial charge is 0.248 e. The van der Waals surface area contributed by atoms with Crippen molar-refractivity contribution in [3.05, 3.63) is 21.7 Å². The average molecular weight is 209 g/mol. The first-order valence-electron chi connectivity index (χ1n) is 4.30. The van der Waals surface area contributed by atoms with Crippen molar-refractivity contribution >= 4 is 11.3 Å². The van der Waals surface area contributed by atoms with Crippen LogP contribution in [0, 0.1) is 13.8 Å². The minimum atomic E-state index is 0.287. The number of aromatic nitrogens is 2. The highest BCUT2D eigenvalue weighted by Crippen LogP contribution is 2.29. The van der Waals surface area contributed by atoms with Gasteiger partial charge < -0.3 is 10.2 Å². The van der Waals surface area contributed by atoms with E-state index in [9.17, 15) is 0 Å². The van der Waals surface area contributed by atoms with E-state index in [1.54, 1.807) is 11.3 Å². The molecule has 2 heterocycles. The number of thiophene rings is 1. The lowest BCUT2D eigenvalue weighted by Gasteiger charge is -1.92. The van der Waals surface area contributed by atoms with Gasteiger partial charge in [0, 0.05) is 10.3 Å². The SMILES string of the molecule is Cc1scc(-c2nnc(CN)o2)c1C.